The van der Waals surface area contributed by atoms with E-state index in [-0.39, 0.29) is 5.56 Å². The van der Waals surface area contributed by atoms with Gasteiger partial charge in [0.1, 0.15) is 11.3 Å². The molecule has 0 atom stereocenters. The van der Waals surface area contributed by atoms with Crippen LogP contribution in [-0.4, -0.2) is 18.2 Å². The molecule has 0 radical (unpaired) electrons. The summed E-state index contributed by atoms with van der Waals surface area (Å²) in [5.41, 5.74) is 1.34. The summed E-state index contributed by atoms with van der Waals surface area (Å²) in [6.07, 6.45) is 3.20. The van der Waals surface area contributed by atoms with Crippen molar-refractivity contribution in [1.82, 2.24) is 0 Å². The van der Waals surface area contributed by atoms with Crippen LogP contribution in [0.25, 0.3) is 0 Å². The van der Waals surface area contributed by atoms with Crippen molar-refractivity contribution in [2.75, 3.05) is 7.11 Å². The van der Waals surface area contributed by atoms with Crippen LogP contribution in [0.15, 0.2) is 18.2 Å². The number of carboxylic acids is 1. The van der Waals surface area contributed by atoms with Crippen molar-refractivity contribution in [2.45, 2.75) is 26.2 Å². The molecule has 0 fully saturated rings. The van der Waals surface area contributed by atoms with Crippen LogP contribution in [0.2, 0.25) is 0 Å². The molecule has 15 heavy (non-hydrogen) atoms. The van der Waals surface area contributed by atoms with Crippen LogP contribution in [-0.2, 0) is 6.42 Å². The zero-order chi connectivity index (χ0) is 11.3. The van der Waals surface area contributed by atoms with Gasteiger partial charge in [-0.2, -0.15) is 0 Å². The molecule has 0 spiro atoms. The highest BCUT2D eigenvalue weighted by Crippen LogP contribution is 2.21. The molecular weight excluding hydrogens is 192 g/mol. The van der Waals surface area contributed by atoms with Crippen LogP contribution in [0, 0.1) is 0 Å². The molecule has 0 aliphatic rings. The Balaban J connectivity index is 2.92. The molecule has 1 N–H and O–H groups in total. The molecular formula is C12H16O3. The van der Waals surface area contributed by atoms with Gasteiger partial charge in [0.15, 0.2) is 0 Å². The Bertz CT molecular complexity index is 345. The molecule has 0 aliphatic carbocycles. The molecule has 0 unspecified atom stereocenters. The lowest BCUT2D eigenvalue weighted by molar-refractivity contribution is 0.0693. The highest BCUT2D eigenvalue weighted by molar-refractivity contribution is 5.90. The van der Waals surface area contributed by atoms with Gasteiger partial charge in [-0.25, -0.2) is 4.79 Å². The van der Waals surface area contributed by atoms with Gasteiger partial charge in [-0.3, -0.25) is 0 Å². The number of hydrogen-bond donors (Lipinski definition) is 1. The summed E-state index contributed by atoms with van der Waals surface area (Å²) in [5, 5.41) is 8.88. The van der Waals surface area contributed by atoms with Crippen molar-refractivity contribution < 1.29 is 14.6 Å². The minimum absolute atomic E-state index is 0.220. The molecule has 1 aromatic carbocycles. The van der Waals surface area contributed by atoms with Gasteiger partial charge in [0, 0.05) is 0 Å². The molecule has 1 rings (SSSR count). The number of unbranched alkanes of at least 4 members (excludes halogenated alkanes) is 1. The Morgan fingerprint density at radius 3 is 2.73 bits per heavy atom. The smallest absolute Gasteiger partial charge is 0.339 e. The number of aromatic carboxylic acids is 1. The van der Waals surface area contributed by atoms with Crippen LogP contribution >= 0.6 is 0 Å². The predicted molar refractivity (Wildman–Crippen MR) is 58.6 cm³/mol. The normalized spacial score (nSPS) is 10.0. The lowest BCUT2D eigenvalue weighted by atomic mass is 10.1. The fourth-order valence-electron chi connectivity index (χ4n) is 1.45. The zero-order valence-corrected chi connectivity index (χ0v) is 9.12. The van der Waals surface area contributed by atoms with E-state index in [9.17, 15) is 4.79 Å². The fraction of sp³-hybridized carbons (Fsp3) is 0.417. The third-order valence-electron chi connectivity index (χ3n) is 2.32. The Kier molecular flexibility index (Phi) is 4.16. The van der Waals surface area contributed by atoms with E-state index in [2.05, 4.69) is 6.92 Å². The Hall–Kier alpha value is -1.51. The first kappa shape index (κ1) is 11.6. The monoisotopic (exact) mass is 208 g/mol. The number of ether oxygens (including phenoxy) is 1. The third-order valence-corrected chi connectivity index (χ3v) is 2.32. The van der Waals surface area contributed by atoms with Gasteiger partial charge in [-0.1, -0.05) is 19.4 Å². The molecule has 3 nitrogen and oxygen atoms in total. The molecule has 0 saturated carbocycles. The van der Waals surface area contributed by atoms with Crippen molar-refractivity contribution in [1.29, 1.82) is 0 Å². The third kappa shape index (κ3) is 2.98. The first-order valence-electron chi connectivity index (χ1n) is 5.09. The number of methoxy groups -OCH3 is 1. The van der Waals surface area contributed by atoms with E-state index in [0.29, 0.717) is 5.75 Å². The Labute approximate surface area is 89.7 Å². The minimum atomic E-state index is -0.950. The van der Waals surface area contributed by atoms with Crippen LogP contribution in [0.1, 0.15) is 35.7 Å². The van der Waals surface area contributed by atoms with E-state index in [0.717, 1.165) is 24.8 Å². The second kappa shape index (κ2) is 5.39. The summed E-state index contributed by atoms with van der Waals surface area (Å²) in [5.74, 6) is -0.509. The summed E-state index contributed by atoms with van der Waals surface area (Å²) < 4.78 is 5.05. The summed E-state index contributed by atoms with van der Waals surface area (Å²) in [6, 6.07) is 5.26. The summed E-state index contributed by atoms with van der Waals surface area (Å²) in [7, 11) is 1.49. The van der Waals surface area contributed by atoms with Crippen molar-refractivity contribution in [2.24, 2.45) is 0 Å². The molecule has 82 valence electrons. The average molecular weight is 208 g/mol. The number of carbonyl (C=O) groups is 1. The Morgan fingerprint density at radius 1 is 1.47 bits per heavy atom. The zero-order valence-electron chi connectivity index (χ0n) is 9.12. The van der Waals surface area contributed by atoms with Gasteiger partial charge in [0.05, 0.1) is 7.11 Å². The fourth-order valence-corrected chi connectivity index (χ4v) is 1.45. The van der Waals surface area contributed by atoms with Crippen LogP contribution in [0.5, 0.6) is 5.75 Å². The van der Waals surface area contributed by atoms with E-state index in [4.69, 9.17) is 9.84 Å². The molecule has 1 aromatic rings. The lowest BCUT2D eigenvalue weighted by Crippen LogP contribution is -2.01. The molecule has 0 aromatic heterocycles. The number of aryl methyl sites for hydroxylation is 1. The van der Waals surface area contributed by atoms with Gasteiger partial charge < -0.3 is 9.84 Å². The van der Waals surface area contributed by atoms with Crippen molar-refractivity contribution in [3.8, 4) is 5.75 Å². The topological polar surface area (TPSA) is 46.5 Å². The van der Waals surface area contributed by atoms with Gasteiger partial charge in [-0.15, -0.1) is 0 Å². The number of carboxylic acid groups (broad SMARTS) is 1. The molecule has 0 heterocycles. The van der Waals surface area contributed by atoms with E-state index in [1.807, 2.05) is 6.07 Å². The van der Waals surface area contributed by atoms with E-state index >= 15 is 0 Å². The first-order valence-corrected chi connectivity index (χ1v) is 5.09. The maximum atomic E-state index is 10.8. The van der Waals surface area contributed by atoms with E-state index in [1.165, 1.54) is 7.11 Å². The molecule has 3 heteroatoms. The van der Waals surface area contributed by atoms with E-state index < -0.39 is 5.97 Å². The van der Waals surface area contributed by atoms with Gasteiger partial charge in [-0.05, 0) is 30.5 Å². The average Bonchev–Trinajstić information content (AvgIpc) is 2.25. The highest BCUT2D eigenvalue weighted by Gasteiger charge is 2.10. The lowest BCUT2D eigenvalue weighted by Gasteiger charge is -2.07. The SMILES string of the molecule is CCCCc1ccc(C(=O)O)c(OC)c1. The number of rotatable bonds is 5. The maximum Gasteiger partial charge on any atom is 0.339 e. The van der Waals surface area contributed by atoms with Gasteiger partial charge in [0.2, 0.25) is 0 Å². The molecule has 0 saturated heterocycles. The quantitative estimate of drug-likeness (QED) is 0.809. The molecule has 0 bridgehead atoms. The van der Waals surface area contributed by atoms with Crippen LogP contribution < -0.4 is 4.74 Å². The Morgan fingerprint density at radius 2 is 2.20 bits per heavy atom. The summed E-state index contributed by atoms with van der Waals surface area (Å²) >= 11 is 0. The maximum absolute atomic E-state index is 10.8. The van der Waals surface area contributed by atoms with Crippen LogP contribution in [0.4, 0.5) is 0 Å². The van der Waals surface area contributed by atoms with Gasteiger partial charge >= 0.3 is 5.97 Å². The van der Waals surface area contributed by atoms with Crippen LogP contribution in [0.3, 0.4) is 0 Å². The predicted octanol–water partition coefficient (Wildman–Crippen LogP) is 2.74. The standard InChI is InChI=1S/C12H16O3/c1-3-4-5-9-6-7-10(12(13)14)11(8-9)15-2/h6-8H,3-5H2,1-2H3,(H,13,14). The summed E-state index contributed by atoms with van der Waals surface area (Å²) in [6.45, 7) is 2.13. The van der Waals surface area contributed by atoms with Crippen molar-refractivity contribution >= 4 is 5.97 Å². The van der Waals surface area contributed by atoms with Crippen molar-refractivity contribution in [3.63, 3.8) is 0 Å². The number of benzene rings is 1. The number of hydrogen-bond acceptors (Lipinski definition) is 2. The van der Waals surface area contributed by atoms with E-state index in [1.54, 1.807) is 12.1 Å². The molecule has 0 aliphatic heterocycles. The van der Waals surface area contributed by atoms with Gasteiger partial charge in [0.25, 0.3) is 0 Å². The second-order valence-corrected chi connectivity index (χ2v) is 3.44. The molecule has 0 amide bonds. The van der Waals surface area contributed by atoms with Crippen molar-refractivity contribution in [3.05, 3.63) is 29.3 Å². The first-order chi connectivity index (χ1) is 7.19. The largest absolute Gasteiger partial charge is 0.496 e. The summed E-state index contributed by atoms with van der Waals surface area (Å²) in [4.78, 5) is 10.8. The second-order valence-electron chi connectivity index (χ2n) is 3.44. The minimum Gasteiger partial charge on any atom is -0.496 e. The highest BCUT2D eigenvalue weighted by atomic mass is 16.5.